The van der Waals surface area contributed by atoms with Crippen LogP contribution in [0.5, 0.6) is 11.5 Å². The minimum absolute atomic E-state index is 0.0290. The average molecular weight is 286 g/mol. The Kier molecular flexibility index (Phi) is 4.23. The average Bonchev–Trinajstić information content (AvgIpc) is 2.41. The third kappa shape index (κ3) is 3.38. The zero-order valence-corrected chi connectivity index (χ0v) is 12.3. The lowest BCUT2D eigenvalue weighted by Gasteiger charge is -2.12. The predicted octanol–water partition coefficient (Wildman–Crippen LogP) is 4.02. The molecular weight excluding hydrogens is 268 g/mol. The van der Waals surface area contributed by atoms with Crippen LogP contribution in [0.2, 0.25) is 0 Å². The standard InChI is InChI=1S/C16H18N2O3/c1-10-7-11(2)16(15(8-10)18(19)20)21-14-6-4-5-13(9-14)12(3)17/h4-9,12H,17H2,1-3H3. The number of hydrogen-bond acceptors (Lipinski definition) is 4. The number of nitrogens with zero attached hydrogens (tertiary/aromatic N) is 1. The first-order valence-corrected chi connectivity index (χ1v) is 6.67. The largest absolute Gasteiger partial charge is 0.450 e. The molecule has 2 N–H and O–H groups in total. The molecule has 1 atom stereocenters. The summed E-state index contributed by atoms with van der Waals surface area (Å²) in [5.41, 5.74) is 8.29. The van der Waals surface area contributed by atoms with Crippen LogP contribution in [-0.2, 0) is 0 Å². The summed E-state index contributed by atoms with van der Waals surface area (Å²) in [5.74, 6) is 0.812. The lowest BCUT2D eigenvalue weighted by molar-refractivity contribution is -0.385. The number of ether oxygens (including phenoxy) is 1. The molecule has 2 aromatic carbocycles. The van der Waals surface area contributed by atoms with Crippen molar-refractivity contribution in [3.05, 3.63) is 63.2 Å². The van der Waals surface area contributed by atoms with Crippen LogP contribution in [0.15, 0.2) is 36.4 Å². The zero-order chi connectivity index (χ0) is 15.6. The number of nitro benzene ring substituents is 1. The maximum atomic E-state index is 11.2. The van der Waals surface area contributed by atoms with E-state index in [-0.39, 0.29) is 17.5 Å². The van der Waals surface area contributed by atoms with E-state index in [1.807, 2.05) is 32.0 Å². The molecule has 21 heavy (non-hydrogen) atoms. The molecule has 0 fully saturated rings. The molecule has 0 spiro atoms. The lowest BCUT2D eigenvalue weighted by Crippen LogP contribution is -2.04. The summed E-state index contributed by atoms with van der Waals surface area (Å²) >= 11 is 0. The Morgan fingerprint density at radius 1 is 1.24 bits per heavy atom. The zero-order valence-electron chi connectivity index (χ0n) is 12.3. The molecule has 0 saturated carbocycles. The highest BCUT2D eigenvalue weighted by molar-refractivity contribution is 5.55. The highest BCUT2D eigenvalue weighted by Crippen LogP contribution is 2.36. The first-order valence-electron chi connectivity index (χ1n) is 6.67. The third-order valence-corrected chi connectivity index (χ3v) is 3.20. The van der Waals surface area contributed by atoms with Crippen LogP contribution in [0.3, 0.4) is 0 Å². The van der Waals surface area contributed by atoms with Crippen molar-refractivity contribution in [2.45, 2.75) is 26.8 Å². The molecule has 5 nitrogen and oxygen atoms in total. The highest BCUT2D eigenvalue weighted by Gasteiger charge is 2.19. The summed E-state index contributed by atoms with van der Waals surface area (Å²) < 4.78 is 5.75. The van der Waals surface area contributed by atoms with E-state index < -0.39 is 4.92 Å². The topological polar surface area (TPSA) is 78.4 Å². The molecule has 110 valence electrons. The second-order valence-corrected chi connectivity index (χ2v) is 5.15. The molecule has 0 amide bonds. The van der Waals surface area contributed by atoms with Gasteiger partial charge >= 0.3 is 5.69 Å². The fourth-order valence-corrected chi connectivity index (χ4v) is 2.18. The van der Waals surface area contributed by atoms with Gasteiger partial charge in [0.25, 0.3) is 0 Å². The molecule has 0 aliphatic heterocycles. The van der Waals surface area contributed by atoms with Crippen molar-refractivity contribution in [3.8, 4) is 11.5 Å². The van der Waals surface area contributed by atoms with Gasteiger partial charge in [-0.25, -0.2) is 0 Å². The monoisotopic (exact) mass is 286 g/mol. The molecule has 5 heteroatoms. The Balaban J connectivity index is 2.44. The Labute approximate surface area is 123 Å². The van der Waals surface area contributed by atoms with Crippen molar-refractivity contribution in [1.82, 2.24) is 0 Å². The van der Waals surface area contributed by atoms with E-state index in [0.717, 1.165) is 16.7 Å². The Morgan fingerprint density at radius 3 is 2.57 bits per heavy atom. The molecule has 0 aliphatic carbocycles. The number of nitrogens with two attached hydrogens (primary N) is 1. The van der Waals surface area contributed by atoms with E-state index >= 15 is 0 Å². The summed E-state index contributed by atoms with van der Waals surface area (Å²) in [6.07, 6.45) is 0. The van der Waals surface area contributed by atoms with Crippen LogP contribution in [0.25, 0.3) is 0 Å². The number of nitro groups is 1. The Bertz CT molecular complexity index is 681. The van der Waals surface area contributed by atoms with Gasteiger partial charge in [0.1, 0.15) is 5.75 Å². The smallest absolute Gasteiger partial charge is 0.312 e. The van der Waals surface area contributed by atoms with E-state index in [0.29, 0.717) is 5.75 Å². The van der Waals surface area contributed by atoms with Gasteiger partial charge in [0, 0.05) is 12.1 Å². The van der Waals surface area contributed by atoms with Gasteiger partial charge in [0.15, 0.2) is 0 Å². The van der Waals surface area contributed by atoms with E-state index in [1.54, 1.807) is 19.1 Å². The lowest BCUT2D eigenvalue weighted by atomic mass is 10.1. The molecule has 0 aliphatic rings. The summed E-state index contributed by atoms with van der Waals surface area (Å²) in [4.78, 5) is 10.8. The fraction of sp³-hybridized carbons (Fsp3) is 0.250. The van der Waals surface area contributed by atoms with E-state index in [2.05, 4.69) is 0 Å². The maximum absolute atomic E-state index is 11.2. The molecule has 2 rings (SSSR count). The molecule has 0 aromatic heterocycles. The van der Waals surface area contributed by atoms with Crippen molar-refractivity contribution >= 4 is 5.69 Å². The molecule has 0 saturated heterocycles. The minimum Gasteiger partial charge on any atom is -0.450 e. The van der Waals surface area contributed by atoms with Crippen molar-refractivity contribution in [2.75, 3.05) is 0 Å². The first kappa shape index (κ1) is 15.0. The Hall–Kier alpha value is -2.40. The SMILES string of the molecule is Cc1cc(C)c(Oc2cccc(C(C)N)c2)c([N+](=O)[O-])c1. The van der Waals surface area contributed by atoms with Crippen LogP contribution in [0.1, 0.15) is 29.7 Å². The highest BCUT2D eigenvalue weighted by atomic mass is 16.6. The van der Waals surface area contributed by atoms with Crippen LogP contribution in [-0.4, -0.2) is 4.92 Å². The maximum Gasteiger partial charge on any atom is 0.312 e. The van der Waals surface area contributed by atoms with Crippen molar-refractivity contribution < 1.29 is 9.66 Å². The van der Waals surface area contributed by atoms with Gasteiger partial charge in [-0.05, 0) is 49.6 Å². The molecule has 0 radical (unpaired) electrons. The van der Waals surface area contributed by atoms with E-state index in [4.69, 9.17) is 10.5 Å². The van der Waals surface area contributed by atoms with Gasteiger partial charge in [-0.3, -0.25) is 10.1 Å². The molecular formula is C16H18N2O3. The summed E-state index contributed by atoms with van der Waals surface area (Å²) in [7, 11) is 0. The van der Waals surface area contributed by atoms with Crippen LogP contribution in [0, 0.1) is 24.0 Å². The van der Waals surface area contributed by atoms with Gasteiger partial charge in [-0.2, -0.15) is 0 Å². The number of rotatable bonds is 4. The molecule has 0 heterocycles. The van der Waals surface area contributed by atoms with Gasteiger partial charge in [-0.15, -0.1) is 0 Å². The fourth-order valence-electron chi connectivity index (χ4n) is 2.18. The number of benzene rings is 2. The second kappa shape index (κ2) is 5.93. The van der Waals surface area contributed by atoms with Gasteiger partial charge < -0.3 is 10.5 Å². The van der Waals surface area contributed by atoms with Crippen LogP contribution in [0.4, 0.5) is 5.69 Å². The summed E-state index contributed by atoms with van der Waals surface area (Å²) in [6, 6.07) is 10.5. The van der Waals surface area contributed by atoms with Crippen LogP contribution >= 0.6 is 0 Å². The summed E-state index contributed by atoms with van der Waals surface area (Å²) in [5, 5.41) is 11.2. The third-order valence-electron chi connectivity index (χ3n) is 3.20. The van der Waals surface area contributed by atoms with E-state index in [9.17, 15) is 10.1 Å². The van der Waals surface area contributed by atoms with E-state index in [1.165, 1.54) is 6.07 Å². The van der Waals surface area contributed by atoms with Crippen LogP contribution < -0.4 is 10.5 Å². The Morgan fingerprint density at radius 2 is 1.95 bits per heavy atom. The normalized spacial score (nSPS) is 12.0. The van der Waals surface area contributed by atoms with Crippen molar-refractivity contribution in [3.63, 3.8) is 0 Å². The van der Waals surface area contributed by atoms with Gasteiger partial charge in [0.05, 0.1) is 4.92 Å². The van der Waals surface area contributed by atoms with Gasteiger partial charge in [0.2, 0.25) is 5.75 Å². The summed E-state index contributed by atoms with van der Waals surface area (Å²) in [6.45, 7) is 5.49. The number of aryl methyl sites for hydroxylation is 2. The van der Waals surface area contributed by atoms with Crippen molar-refractivity contribution in [2.24, 2.45) is 5.73 Å². The second-order valence-electron chi connectivity index (χ2n) is 5.15. The van der Waals surface area contributed by atoms with Crippen molar-refractivity contribution in [1.29, 1.82) is 0 Å². The number of hydrogen-bond donors (Lipinski definition) is 1. The molecule has 2 aromatic rings. The molecule has 0 bridgehead atoms. The van der Waals surface area contributed by atoms with Gasteiger partial charge in [-0.1, -0.05) is 18.2 Å². The molecule has 1 unspecified atom stereocenters. The first-order chi connectivity index (χ1) is 9.88. The minimum atomic E-state index is -0.426. The quantitative estimate of drug-likeness (QED) is 0.680. The predicted molar refractivity (Wildman–Crippen MR) is 81.7 cm³/mol.